The number of hydrogen-bond acceptors (Lipinski definition) is 3. The Hall–Kier alpha value is -2.41. The third kappa shape index (κ3) is 2.62. The van der Waals surface area contributed by atoms with Crippen molar-refractivity contribution < 1.29 is 0 Å². The Labute approximate surface area is 118 Å². The van der Waals surface area contributed by atoms with Crippen molar-refractivity contribution in [3.63, 3.8) is 0 Å². The van der Waals surface area contributed by atoms with Gasteiger partial charge < -0.3 is 0 Å². The molecule has 0 N–H and O–H groups in total. The summed E-state index contributed by atoms with van der Waals surface area (Å²) < 4.78 is 1.38. The molecular weight excluding hydrogens is 250 g/mol. The first-order valence-electron chi connectivity index (χ1n) is 6.66. The van der Waals surface area contributed by atoms with Crippen LogP contribution in [0.25, 0.3) is 11.3 Å². The van der Waals surface area contributed by atoms with Gasteiger partial charge in [-0.3, -0.25) is 4.79 Å². The lowest BCUT2D eigenvalue weighted by Gasteiger charge is -2.10. The van der Waals surface area contributed by atoms with Gasteiger partial charge in [0.05, 0.1) is 5.69 Å². The van der Waals surface area contributed by atoms with Gasteiger partial charge in [-0.25, -0.2) is 4.68 Å². The zero-order chi connectivity index (χ0) is 14.7. The Morgan fingerprint density at radius 2 is 2.05 bits per heavy atom. The van der Waals surface area contributed by atoms with Crippen molar-refractivity contribution >= 4 is 0 Å². The molecule has 20 heavy (non-hydrogen) atoms. The van der Waals surface area contributed by atoms with Gasteiger partial charge in [-0.15, -0.1) is 0 Å². The minimum atomic E-state index is -0.316. The molecule has 0 atom stereocenters. The van der Waals surface area contributed by atoms with E-state index in [1.807, 2.05) is 45.0 Å². The van der Waals surface area contributed by atoms with Crippen LogP contribution in [0.3, 0.4) is 0 Å². The monoisotopic (exact) mass is 267 g/mol. The molecule has 1 aromatic heterocycles. The molecule has 0 radical (unpaired) electrons. The van der Waals surface area contributed by atoms with Crippen molar-refractivity contribution in [3.8, 4) is 17.3 Å². The van der Waals surface area contributed by atoms with Crippen LogP contribution in [0.5, 0.6) is 0 Å². The standard InChI is InChI=1S/C16H17N3O/c1-4-7-19-16(20)13(10-17)9-15(18-19)14-8-11(2)5-6-12(14)3/h5-6,8-9H,4,7H2,1-3H3. The fourth-order valence-electron chi connectivity index (χ4n) is 2.13. The summed E-state index contributed by atoms with van der Waals surface area (Å²) in [5.74, 6) is 0. The van der Waals surface area contributed by atoms with Gasteiger partial charge in [0.1, 0.15) is 11.6 Å². The molecule has 2 rings (SSSR count). The topological polar surface area (TPSA) is 58.7 Å². The lowest BCUT2D eigenvalue weighted by atomic mass is 10.0. The smallest absolute Gasteiger partial charge is 0.266 e. The van der Waals surface area contributed by atoms with E-state index in [-0.39, 0.29) is 11.1 Å². The van der Waals surface area contributed by atoms with Crippen molar-refractivity contribution in [2.45, 2.75) is 33.7 Å². The molecule has 0 fully saturated rings. The van der Waals surface area contributed by atoms with Crippen molar-refractivity contribution in [2.24, 2.45) is 0 Å². The maximum atomic E-state index is 12.0. The number of aromatic nitrogens is 2. The Balaban J connectivity index is 2.69. The molecular formula is C16H17N3O. The summed E-state index contributed by atoms with van der Waals surface area (Å²) in [6.45, 7) is 6.50. The van der Waals surface area contributed by atoms with Gasteiger partial charge in [-0.2, -0.15) is 10.4 Å². The van der Waals surface area contributed by atoms with Gasteiger partial charge in [-0.05, 0) is 38.0 Å². The molecule has 2 aromatic rings. The van der Waals surface area contributed by atoms with Gasteiger partial charge in [0.2, 0.25) is 0 Å². The van der Waals surface area contributed by atoms with Crippen LogP contribution >= 0.6 is 0 Å². The van der Waals surface area contributed by atoms with Crippen LogP contribution in [-0.4, -0.2) is 9.78 Å². The number of nitrogens with zero attached hydrogens (tertiary/aromatic N) is 3. The quantitative estimate of drug-likeness (QED) is 0.859. The van der Waals surface area contributed by atoms with Crippen LogP contribution in [0, 0.1) is 25.2 Å². The van der Waals surface area contributed by atoms with Crippen LogP contribution in [0.4, 0.5) is 0 Å². The first kappa shape index (κ1) is 14.0. The predicted molar refractivity (Wildman–Crippen MR) is 78.4 cm³/mol. The van der Waals surface area contributed by atoms with Crippen LogP contribution in [-0.2, 0) is 6.54 Å². The second-order valence-corrected chi connectivity index (χ2v) is 4.90. The second-order valence-electron chi connectivity index (χ2n) is 4.90. The minimum absolute atomic E-state index is 0.143. The summed E-state index contributed by atoms with van der Waals surface area (Å²) in [4.78, 5) is 12.0. The lowest BCUT2D eigenvalue weighted by molar-refractivity contribution is 0.569. The van der Waals surface area contributed by atoms with E-state index in [9.17, 15) is 4.79 Å². The molecule has 1 heterocycles. The van der Waals surface area contributed by atoms with Gasteiger partial charge in [0.25, 0.3) is 5.56 Å². The Morgan fingerprint density at radius 3 is 2.70 bits per heavy atom. The number of nitriles is 1. The predicted octanol–water partition coefficient (Wildman–Crippen LogP) is 2.81. The molecule has 0 bridgehead atoms. The SMILES string of the molecule is CCCn1nc(-c2cc(C)ccc2C)cc(C#N)c1=O. The molecule has 4 nitrogen and oxygen atoms in total. The van der Waals surface area contributed by atoms with Crippen LogP contribution in [0.2, 0.25) is 0 Å². The van der Waals surface area contributed by atoms with Crippen molar-refractivity contribution in [1.82, 2.24) is 9.78 Å². The van der Waals surface area contributed by atoms with E-state index < -0.39 is 0 Å². The number of aryl methyl sites for hydroxylation is 3. The highest BCUT2D eigenvalue weighted by Crippen LogP contribution is 2.22. The molecule has 0 saturated carbocycles. The van der Waals surface area contributed by atoms with Crippen molar-refractivity contribution in [1.29, 1.82) is 5.26 Å². The summed E-state index contributed by atoms with van der Waals surface area (Å²) in [7, 11) is 0. The van der Waals surface area contributed by atoms with Gasteiger partial charge in [-0.1, -0.05) is 24.6 Å². The number of hydrogen-bond donors (Lipinski definition) is 0. The molecule has 102 valence electrons. The fraction of sp³-hybridized carbons (Fsp3) is 0.312. The largest absolute Gasteiger partial charge is 0.284 e. The van der Waals surface area contributed by atoms with E-state index in [1.165, 1.54) is 4.68 Å². The molecule has 0 spiro atoms. The fourth-order valence-corrected chi connectivity index (χ4v) is 2.13. The van der Waals surface area contributed by atoms with E-state index in [1.54, 1.807) is 6.07 Å². The Morgan fingerprint density at radius 1 is 1.30 bits per heavy atom. The lowest BCUT2D eigenvalue weighted by Crippen LogP contribution is -2.25. The summed E-state index contributed by atoms with van der Waals surface area (Å²) in [5, 5.41) is 13.5. The average molecular weight is 267 g/mol. The highest BCUT2D eigenvalue weighted by atomic mass is 16.1. The van der Waals surface area contributed by atoms with Crippen molar-refractivity contribution in [2.75, 3.05) is 0 Å². The van der Waals surface area contributed by atoms with E-state index in [2.05, 4.69) is 5.10 Å². The molecule has 4 heteroatoms. The normalized spacial score (nSPS) is 10.3. The zero-order valence-corrected chi connectivity index (χ0v) is 12.0. The third-order valence-corrected chi connectivity index (χ3v) is 3.20. The molecule has 0 aliphatic rings. The molecule has 0 saturated heterocycles. The maximum absolute atomic E-state index is 12.0. The minimum Gasteiger partial charge on any atom is -0.266 e. The second kappa shape index (κ2) is 5.70. The molecule has 0 aliphatic carbocycles. The molecule has 0 aliphatic heterocycles. The molecule has 1 aromatic carbocycles. The summed E-state index contributed by atoms with van der Waals surface area (Å²) in [5.41, 5.74) is 3.67. The molecule has 0 unspecified atom stereocenters. The van der Waals surface area contributed by atoms with Crippen LogP contribution < -0.4 is 5.56 Å². The average Bonchev–Trinajstić information content (AvgIpc) is 2.44. The zero-order valence-electron chi connectivity index (χ0n) is 12.0. The summed E-state index contributed by atoms with van der Waals surface area (Å²) in [6.07, 6.45) is 0.800. The van der Waals surface area contributed by atoms with E-state index in [4.69, 9.17) is 5.26 Å². The third-order valence-electron chi connectivity index (χ3n) is 3.20. The highest BCUT2D eigenvalue weighted by Gasteiger charge is 2.11. The van der Waals surface area contributed by atoms with Gasteiger partial charge >= 0.3 is 0 Å². The van der Waals surface area contributed by atoms with Crippen molar-refractivity contribution in [3.05, 3.63) is 51.3 Å². The first-order valence-corrected chi connectivity index (χ1v) is 6.66. The van der Waals surface area contributed by atoms with E-state index >= 15 is 0 Å². The van der Waals surface area contributed by atoms with Crippen LogP contribution in [0.1, 0.15) is 30.0 Å². The number of benzene rings is 1. The first-order chi connectivity index (χ1) is 9.56. The number of rotatable bonds is 3. The summed E-state index contributed by atoms with van der Waals surface area (Å²) >= 11 is 0. The maximum Gasteiger partial charge on any atom is 0.284 e. The van der Waals surface area contributed by atoms with Gasteiger partial charge in [0.15, 0.2) is 0 Å². The Kier molecular flexibility index (Phi) is 3.99. The Bertz CT molecular complexity index is 738. The highest BCUT2D eigenvalue weighted by molar-refractivity contribution is 5.65. The molecule has 0 amide bonds. The van der Waals surface area contributed by atoms with Crippen LogP contribution in [0.15, 0.2) is 29.1 Å². The van der Waals surface area contributed by atoms with Gasteiger partial charge in [0, 0.05) is 12.1 Å². The van der Waals surface area contributed by atoms with E-state index in [0.717, 1.165) is 23.1 Å². The van der Waals surface area contributed by atoms with E-state index in [0.29, 0.717) is 12.2 Å². The summed E-state index contributed by atoms with van der Waals surface area (Å²) in [6, 6.07) is 9.63.